The lowest BCUT2D eigenvalue weighted by Crippen LogP contribution is -2.33. The monoisotopic (exact) mass is 388 g/mol. The first-order valence-electron chi connectivity index (χ1n) is 9.36. The van der Waals surface area contributed by atoms with Crippen molar-refractivity contribution in [1.29, 1.82) is 0 Å². The molecule has 0 atom stereocenters. The molecule has 1 aliphatic heterocycles. The van der Waals surface area contributed by atoms with Crippen LogP contribution in [0.3, 0.4) is 0 Å². The summed E-state index contributed by atoms with van der Waals surface area (Å²) in [5.74, 6) is -0.451. The van der Waals surface area contributed by atoms with Gasteiger partial charge in [0, 0.05) is 23.8 Å². The summed E-state index contributed by atoms with van der Waals surface area (Å²) in [5, 5.41) is 6.41. The summed E-state index contributed by atoms with van der Waals surface area (Å²) < 4.78 is 0. The molecule has 2 aromatic carbocycles. The third-order valence-corrected chi connectivity index (χ3v) is 4.66. The molecule has 1 aliphatic rings. The van der Waals surface area contributed by atoms with Crippen LogP contribution in [0.15, 0.2) is 54.7 Å². The summed E-state index contributed by atoms with van der Waals surface area (Å²) in [6.07, 6.45) is 1.66. The first-order chi connectivity index (χ1) is 13.9. The maximum Gasteiger partial charge on any atom is 0.323 e. The van der Waals surface area contributed by atoms with Crippen LogP contribution >= 0.6 is 0 Å². The fourth-order valence-electron chi connectivity index (χ4n) is 3.39. The quantitative estimate of drug-likeness (QED) is 0.658. The van der Waals surface area contributed by atoms with Crippen LogP contribution in [0.2, 0.25) is 0 Å². The van der Waals surface area contributed by atoms with E-state index in [9.17, 15) is 14.4 Å². The molecule has 4 amide bonds. The molecule has 3 aromatic rings. The number of anilines is 2. The zero-order valence-corrected chi connectivity index (χ0v) is 16.1. The number of carbonyl (C=O) groups is 3. The van der Waals surface area contributed by atoms with Gasteiger partial charge in [-0.3, -0.25) is 19.5 Å². The number of fused-ring (bicyclic) bond motifs is 2. The Bertz CT molecular complexity index is 1130. The molecule has 2 heterocycles. The molecular weight excluding hydrogens is 368 g/mol. The highest BCUT2D eigenvalue weighted by molar-refractivity contribution is 6.22. The summed E-state index contributed by atoms with van der Waals surface area (Å²) in [4.78, 5) is 43.1. The van der Waals surface area contributed by atoms with Crippen molar-refractivity contribution < 1.29 is 14.4 Å². The third-order valence-electron chi connectivity index (χ3n) is 4.66. The van der Waals surface area contributed by atoms with Gasteiger partial charge in [0.1, 0.15) is 0 Å². The number of amides is 4. The van der Waals surface area contributed by atoms with E-state index in [1.807, 2.05) is 38.1 Å². The first-order valence-corrected chi connectivity index (χ1v) is 9.36. The van der Waals surface area contributed by atoms with Crippen LogP contribution in [0.25, 0.3) is 10.9 Å². The van der Waals surface area contributed by atoms with Gasteiger partial charge >= 0.3 is 6.03 Å². The fourth-order valence-corrected chi connectivity index (χ4v) is 3.39. The van der Waals surface area contributed by atoms with Crippen LogP contribution in [-0.4, -0.2) is 34.3 Å². The maximum absolute atomic E-state index is 12.6. The zero-order chi connectivity index (χ0) is 20.5. The van der Waals surface area contributed by atoms with E-state index in [-0.39, 0.29) is 17.7 Å². The number of para-hydroxylation sites is 1. The van der Waals surface area contributed by atoms with Crippen LogP contribution in [0, 0.1) is 5.92 Å². The Morgan fingerprint density at radius 2 is 1.76 bits per heavy atom. The molecular formula is C22H20N4O3. The normalized spacial score (nSPS) is 13.1. The Hall–Kier alpha value is -3.74. The van der Waals surface area contributed by atoms with Gasteiger partial charge in [0.25, 0.3) is 11.8 Å². The Kier molecular flexibility index (Phi) is 4.72. The highest BCUT2D eigenvalue weighted by Gasteiger charge is 2.35. The molecule has 2 N–H and O–H groups in total. The molecule has 0 radical (unpaired) electrons. The Morgan fingerprint density at radius 3 is 2.55 bits per heavy atom. The van der Waals surface area contributed by atoms with E-state index in [4.69, 9.17) is 0 Å². The van der Waals surface area contributed by atoms with Crippen molar-refractivity contribution >= 4 is 40.1 Å². The predicted molar refractivity (Wildman–Crippen MR) is 111 cm³/mol. The number of pyridine rings is 1. The van der Waals surface area contributed by atoms with Gasteiger partial charge in [-0.1, -0.05) is 32.0 Å². The maximum atomic E-state index is 12.6. The molecule has 7 nitrogen and oxygen atoms in total. The fraction of sp³-hybridized carbons (Fsp3) is 0.182. The topological polar surface area (TPSA) is 91.4 Å². The second-order valence-electron chi connectivity index (χ2n) is 7.33. The van der Waals surface area contributed by atoms with Crippen LogP contribution in [0.1, 0.15) is 34.6 Å². The molecule has 0 aliphatic carbocycles. The van der Waals surface area contributed by atoms with Gasteiger partial charge < -0.3 is 10.6 Å². The summed E-state index contributed by atoms with van der Waals surface area (Å²) in [7, 11) is 0. The number of nitrogens with one attached hydrogen (secondary N) is 2. The summed E-state index contributed by atoms with van der Waals surface area (Å²) in [5.41, 5.74) is 2.36. The van der Waals surface area contributed by atoms with Gasteiger partial charge in [-0.15, -0.1) is 0 Å². The number of hydrogen-bond donors (Lipinski definition) is 2. The van der Waals surface area contributed by atoms with Crippen molar-refractivity contribution in [2.75, 3.05) is 17.2 Å². The lowest BCUT2D eigenvalue weighted by Gasteiger charge is -2.15. The van der Waals surface area contributed by atoms with E-state index in [0.29, 0.717) is 34.6 Å². The van der Waals surface area contributed by atoms with Gasteiger partial charge in [0.2, 0.25) is 0 Å². The van der Waals surface area contributed by atoms with Crippen molar-refractivity contribution in [3.63, 3.8) is 0 Å². The summed E-state index contributed by atoms with van der Waals surface area (Å²) in [6, 6.07) is 13.5. The van der Waals surface area contributed by atoms with E-state index in [2.05, 4.69) is 15.6 Å². The lowest BCUT2D eigenvalue weighted by atomic mass is 10.1. The SMILES string of the molecule is CC(C)CN1C(=O)c2ccc(NC(=O)Nc3cccc4cccnc34)cc2C1=O. The largest absolute Gasteiger partial charge is 0.323 e. The number of benzene rings is 2. The average molecular weight is 388 g/mol. The lowest BCUT2D eigenvalue weighted by molar-refractivity contribution is 0.0636. The minimum atomic E-state index is -0.459. The number of carbonyl (C=O) groups excluding carboxylic acids is 3. The minimum absolute atomic E-state index is 0.176. The average Bonchev–Trinajstić information content (AvgIpc) is 2.92. The molecule has 146 valence electrons. The molecule has 0 saturated carbocycles. The Morgan fingerprint density at radius 1 is 1.00 bits per heavy atom. The molecule has 0 saturated heterocycles. The predicted octanol–water partition coefficient (Wildman–Crippen LogP) is 4.13. The van der Waals surface area contributed by atoms with E-state index in [1.54, 1.807) is 24.4 Å². The number of urea groups is 1. The van der Waals surface area contributed by atoms with Crippen molar-refractivity contribution in [3.8, 4) is 0 Å². The number of aromatic nitrogens is 1. The van der Waals surface area contributed by atoms with Gasteiger partial charge in [-0.2, -0.15) is 0 Å². The second-order valence-corrected chi connectivity index (χ2v) is 7.33. The van der Waals surface area contributed by atoms with Crippen molar-refractivity contribution in [2.24, 2.45) is 5.92 Å². The zero-order valence-electron chi connectivity index (χ0n) is 16.1. The van der Waals surface area contributed by atoms with Crippen molar-refractivity contribution in [2.45, 2.75) is 13.8 Å². The molecule has 0 fully saturated rings. The minimum Gasteiger partial charge on any atom is -0.308 e. The molecule has 0 spiro atoms. The smallest absolute Gasteiger partial charge is 0.308 e. The van der Waals surface area contributed by atoms with Gasteiger partial charge in [-0.25, -0.2) is 4.79 Å². The Balaban J connectivity index is 1.53. The van der Waals surface area contributed by atoms with Gasteiger partial charge in [0.05, 0.1) is 22.3 Å². The highest BCUT2D eigenvalue weighted by Crippen LogP contribution is 2.27. The number of imide groups is 1. The van der Waals surface area contributed by atoms with Crippen molar-refractivity contribution in [1.82, 2.24) is 9.88 Å². The van der Waals surface area contributed by atoms with Crippen LogP contribution in [0.5, 0.6) is 0 Å². The van der Waals surface area contributed by atoms with E-state index in [1.165, 1.54) is 11.0 Å². The van der Waals surface area contributed by atoms with Crippen LogP contribution < -0.4 is 10.6 Å². The second kappa shape index (κ2) is 7.35. The number of nitrogens with zero attached hydrogens (tertiary/aromatic N) is 2. The third kappa shape index (κ3) is 3.54. The Labute approximate surface area is 167 Å². The number of hydrogen-bond acceptors (Lipinski definition) is 4. The van der Waals surface area contributed by atoms with E-state index in [0.717, 1.165) is 5.39 Å². The van der Waals surface area contributed by atoms with Gasteiger partial charge in [-0.05, 0) is 36.2 Å². The molecule has 1 aromatic heterocycles. The molecule has 7 heteroatoms. The first kappa shape index (κ1) is 18.6. The summed E-state index contributed by atoms with van der Waals surface area (Å²) >= 11 is 0. The molecule has 4 rings (SSSR count). The molecule has 0 unspecified atom stereocenters. The van der Waals surface area contributed by atoms with E-state index < -0.39 is 6.03 Å². The van der Waals surface area contributed by atoms with Crippen LogP contribution in [-0.2, 0) is 0 Å². The number of rotatable bonds is 4. The van der Waals surface area contributed by atoms with Crippen molar-refractivity contribution in [3.05, 3.63) is 65.9 Å². The van der Waals surface area contributed by atoms with Gasteiger partial charge in [0.15, 0.2) is 0 Å². The standard InChI is InChI=1S/C22H20N4O3/c1-13(2)12-26-20(27)16-9-8-15(11-17(16)21(26)28)24-22(29)25-18-7-3-5-14-6-4-10-23-19(14)18/h3-11,13H,12H2,1-2H3,(H2,24,25,29). The van der Waals surface area contributed by atoms with Crippen LogP contribution in [0.4, 0.5) is 16.2 Å². The molecule has 29 heavy (non-hydrogen) atoms. The highest BCUT2D eigenvalue weighted by atomic mass is 16.2. The summed E-state index contributed by atoms with van der Waals surface area (Å²) in [6.45, 7) is 4.26. The molecule has 0 bridgehead atoms. The van der Waals surface area contributed by atoms with E-state index >= 15 is 0 Å².